The molecular weight excluding hydrogens is 222 g/mol. The number of rotatable bonds is 5. The Hall–Kier alpha value is -1.16. The Bertz CT molecular complexity index is 353. The van der Waals surface area contributed by atoms with Crippen LogP contribution in [0.15, 0.2) is 29.2 Å². The van der Waals surface area contributed by atoms with Gasteiger partial charge in [-0.1, -0.05) is 26.0 Å². The highest BCUT2D eigenvalue weighted by Crippen LogP contribution is 2.24. The monoisotopic (exact) mass is 239 g/mol. The summed E-state index contributed by atoms with van der Waals surface area (Å²) in [6.07, 6.45) is 0. The summed E-state index contributed by atoms with van der Waals surface area (Å²) in [6.45, 7) is 4.49. The van der Waals surface area contributed by atoms with Crippen LogP contribution < -0.4 is 5.73 Å². The first kappa shape index (κ1) is 12.9. The zero-order valence-electron chi connectivity index (χ0n) is 9.60. The predicted molar refractivity (Wildman–Crippen MR) is 67.4 cm³/mol. The Morgan fingerprint density at radius 3 is 2.75 bits per heavy atom. The number of nitrogen functional groups attached to an aromatic ring is 1. The van der Waals surface area contributed by atoms with Crippen LogP contribution in [0.25, 0.3) is 0 Å². The van der Waals surface area contributed by atoms with Gasteiger partial charge in [0, 0.05) is 10.6 Å². The van der Waals surface area contributed by atoms with E-state index >= 15 is 0 Å². The van der Waals surface area contributed by atoms with E-state index in [1.807, 2.05) is 38.1 Å². The summed E-state index contributed by atoms with van der Waals surface area (Å²) in [7, 11) is 0. The second kappa shape index (κ2) is 6.43. The van der Waals surface area contributed by atoms with Crippen molar-refractivity contribution in [1.29, 1.82) is 0 Å². The zero-order chi connectivity index (χ0) is 12.0. The maximum absolute atomic E-state index is 11.3. The summed E-state index contributed by atoms with van der Waals surface area (Å²) in [5.41, 5.74) is 6.45. The zero-order valence-corrected chi connectivity index (χ0v) is 10.4. The average molecular weight is 239 g/mol. The van der Waals surface area contributed by atoms with Gasteiger partial charge in [0.25, 0.3) is 0 Å². The molecule has 0 saturated heterocycles. The number of anilines is 1. The van der Waals surface area contributed by atoms with E-state index in [1.54, 1.807) is 0 Å². The van der Waals surface area contributed by atoms with Crippen molar-refractivity contribution in [3.05, 3.63) is 24.3 Å². The molecule has 0 aliphatic rings. The smallest absolute Gasteiger partial charge is 0.316 e. The van der Waals surface area contributed by atoms with Gasteiger partial charge in [-0.3, -0.25) is 4.79 Å². The number of carbonyl (C=O) groups excluding carboxylic acids is 1. The van der Waals surface area contributed by atoms with Gasteiger partial charge in [0.1, 0.15) is 0 Å². The van der Waals surface area contributed by atoms with Crippen molar-refractivity contribution in [2.45, 2.75) is 18.7 Å². The first-order valence-electron chi connectivity index (χ1n) is 5.22. The van der Waals surface area contributed by atoms with Crippen molar-refractivity contribution in [2.75, 3.05) is 18.1 Å². The summed E-state index contributed by atoms with van der Waals surface area (Å²) in [4.78, 5) is 12.3. The normalized spacial score (nSPS) is 10.4. The van der Waals surface area contributed by atoms with Gasteiger partial charge < -0.3 is 10.5 Å². The van der Waals surface area contributed by atoms with Gasteiger partial charge in [0.05, 0.1) is 12.4 Å². The molecule has 16 heavy (non-hydrogen) atoms. The largest absolute Gasteiger partial charge is 0.465 e. The maximum Gasteiger partial charge on any atom is 0.316 e. The summed E-state index contributed by atoms with van der Waals surface area (Å²) in [6, 6.07) is 7.49. The summed E-state index contributed by atoms with van der Waals surface area (Å²) >= 11 is 1.41. The van der Waals surface area contributed by atoms with Crippen LogP contribution in [-0.4, -0.2) is 18.3 Å². The Balaban J connectivity index is 2.35. The van der Waals surface area contributed by atoms with E-state index in [2.05, 4.69) is 0 Å². The minimum Gasteiger partial charge on any atom is -0.465 e. The maximum atomic E-state index is 11.3. The van der Waals surface area contributed by atoms with Crippen molar-refractivity contribution in [3.63, 3.8) is 0 Å². The number of nitrogens with two attached hydrogens (primary N) is 1. The van der Waals surface area contributed by atoms with E-state index < -0.39 is 0 Å². The Morgan fingerprint density at radius 1 is 1.44 bits per heavy atom. The van der Waals surface area contributed by atoms with Gasteiger partial charge in [-0.15, -0.1) is 11.8 Å². The SMILES string of the molecule is CC(C)COC(=O)CSc1ccccc1N. The molecule has 0 aliphatic heterocycles. The average Bonchev–Trinajstić information content (AvgIpc) is 2.25. The number of para-hydroxylation sites is 1. The van der Waals surface area contributed by atoms with Crippen molar-refractivity contribution in [3.8, 4) is 0 Å². The molecule has 2 N–H and O–H groups in total. The lowest BCUT2D eigenvalue weighted by molar-refractivity contribution is -0.141. The minimum atomic E-state index is -0.193. The Morgan fingerprint density at radius 2 is 2.12 bits per heavy atom. The Kier molecular flexibility index (Phi) is 5.19. The number of hydrogen-bond donors (Lipinski definition) is 1. The van der Waals surface area contributed by atoms with Gasteiger partial charge in [-0.2, -0.15) is 0 Å². The number of carbonyl (C=O) groups is 1. The predicted octanol–water partition coefficient (Wildman–Crippen LogP) is 2.56. The van der Waals surface area contributed by atoms with Crippen LogP contribution in [0.4, 0.5) is 5.69 Å². The molecule has 0 spiro atoms. The van der Waals surface area contributed by atoms with E-state index in [1.165, 1.54) is 11.8 Å². The van der Waals surface area contributed by atoms with Crippen LogP contribution in [0.2, 0.25) is 0 Å². The van der Waals surface area contributed by atoms with Gasteiger partial charge in [0.2, 0.25) is 0 Å². The number of thioether (sulfide) groups is 1. The molecule has 4 heteroatoms. The van der Waals surface area contributed by atoms with Gasteiger partial charge >= 0.3 is 5.97 Å². The fourth-order valence-corrected chi connectivity index (χ4v) is 1.82. The van der Waals surface area contributed by atoms with Crippen molar-refractivity contribution in [1.82, 2.24) is 0 Å². The Labute approximate surface area is 100 Å². The molecule has 1 aromatic rings. The highest BCUT2D eigenvalue weighted by molar-refractivity contribution is 8.00. The molecule has 3 nitrogen and oxygen atoms in total. The molecule has 0 aromatic heterocycles. The van der Waals surface area contributed by atoms with Gasteiger partial charge in [-0.05, 0) is 18.1 Å². The van der Waals surface area contributed by atoms with Gasteiger partial charge in [-0.25, -0.2) is 0 Å². The lowest BCUT2D eigenvalue weighted by Crippen LogP contribution is -2.11. The molecule has 1 rings (SSSR count). The van der Waals surface area contributed by atoms with E-state index in [9.17, 15) is 4.79 Å². The van der Waals surface area contributed by atoms with E-state index in [4.69, 9.17) is 10.5 Å². The van der Waals surface area contributed by atoms with Crippen LogP contribution in [0, 0.1) is 5.92 Å². The molecule has 0 amide bonds. The lowest BCUT2D eigenvalue weighted by Gasteiger charge is -2.07. The molecule has 0 fully saturated rings. The molecule has 0 radical (unpaired) electrons. The molecule has 0 unspecified atom stereocenters. The van der Waals surface area contributed by atoms with Crippen LogP contribution in [0.3, 0.4) is 0 Å². The van der Waals surface area contributed by atoms with E-state index in [-0.39, 0.29) is 5.97 Å². The third-order valence-corrected chi connectivity index (χ3v) is 2.91. The molecule has 0 saturated carbocycles. The molecule has 0 atom stereocenters. The molecule has 0 heterocycles. The van der Waals surface area contributed by atoms with Crippen molar-refractivity contribution in [2.24, 2.45) is 5.92 Å². The fourth-order valence-electron chi connectivity index (χ4n) is 1.05. The van der Waals surface area contributed by atoms with Crippen molar-refractivity contribution < 1.29 is 9.53 Å². The van der Waals surface area contributed by atoms with Crippen molar-refractivity contribution >= 4 is 23.4 Å². The number of ether oxygens (including phenoxy) is 1. The minimum absolute atomic E-state index is 0.193. The first-order valence-corrected chi connectivity index (χ1v) is 6.21. The highest BCUT2D eigenvalue weighted by atomic mass is 32.2. The van der Waals surface area contributed by atoms with E-state index in [0.717, 1.165) is 4.90 Å². The van der Waals surface area contributed by atoms with Crippen LogP contribution in [-0.2, 0) is 9.53 Å². The number of esters is 1. The van der Waals surface area contributed by atoms with Crippen LogP contribution in [0.1, 0.15) is 13.8 Å². The number of benzene rings is 1. The first-order chi connectivity index (χ1) is 7.59. The lowest BCUT2D eigenvalue weighted by atomic mass is 10.2. The molecular formula is C12H17NO2S. The van der Waals surface area contributed by atoms with E-state index in [0.29, 0.717) is 24.0 Å². The van der Waals surface area contributed by atoms with Crippen LogP contribution >= 0.6 is 11.8 Å². The molecule has 88 valence electrons. The molecule has 0 aliphatic carbocycles. The standard InChI is InChI=1S/C12H17NO2S/c1-9(2)7-15-12(14)8-16-11-6-4-3-5-10(11)13/h3-6,9H,7-8,13H2,1-2H3. The molecule has 0 bridgehead atoms. The second-order valence-corrected chi connectivity index (χ2v) is 4.92. The fraction of sp³-hybridized carbons (Fsp3) is 0.417. The topological polar surface area (TPSA) is 52.3 Å². The third-order valence-electron chi connectivity index (χ3n) is 1.84. The summed E-state index contributed by atoms with van der Waals surface area (Å²) in [5, 5.41) is 0. The van der Waals surface area contributed by atoms with Crippen LogP contribution in [0.5, 0.6) is 0 Å². The third kappa shape index (κ3) is 4.57. The summed E-state index contributed by atoms with van der Waals surface area (Å²) < 4.78 is 5.06. The highest BCUT2D eigenvalue weighted by Gasteiger charge is 2.06. The molecule has 1 aromatic carbocycles. The number of hydrogen-bond acceptors (Lipinski definition) is 4. The van der Waals surface area contributed by atoms with Gasteiger partial charge in [0.15, 0.2) is 0 Å². The quantitative estimate of drug-likeness (QED) is 0.487. The summed E-state index contributed by atoms with van der Waals surface area (Å²) in [5.74, 6) is 0.485. The second-order valence-electron chi connectivity index (χ2n) is 3.90.